The molecule has 0 aliphatic carbocycles. The fourth-order valence-corrected chi connectivity index (χ4v) is 3.68. The summed E-state index contributed by atoms with van der Waals surface area (Å²) in [6, 6.07) is 5.05. The summed E-state index contributed by atoms with van der Waals surface area (Å²) in [4.78, 5) is 24.7. The normalized spacial score (nSPS) is 12.6. The van der Waals surface area contributed by atoms with Crippen molar-refractivity contribution in [3.63, 3.8) is 0 Å². The molecule has 0 saturated carbocycles. The molecular weight excluding hydrogens is 455 g/mol. The molecule has 0 aliphatic rings. The standard InChI is InChI=1S/C23H34F3NO5Si/c1-22(2,3)33(5,6)32-18-13-12-17(15-19(18)31-4)16-27(21(29)30)20(28)11-9-7-8-10-14-23(24,25)26/h10,12-15H,7-9,11,16H2,1-6H3,(H,29,30). The van der Waals surface area contributed by atoms with Gasteiger partial charge in [0.1, 0.15) is 5.75 Å². The average molecular weight is 490 g/mol. The number of nitrogens with zero attached hydrogens (tertiary/aromatic N) is 1. The number of alkyl halides is 3. The van der Waals surface area contributed by atoms with E-state index < -0.39 is 26.5 Å². The highest BCUT2D eigenvalue weighted by Gasteiger charge is 2.39. The molecule has 2 amide bonds. The average Bonchev–Trinajstić information content (AvgIpc) is 2.67. The van der Waals surface area contributed by atoms with E-state index in [1.54, 1.807) is 18.2 Å². The molecule has 33 heavy (non-hydrogen) atoms. The topological polar surface area (TPSA) is 76.1 Å². The Morgan fingerprint density at radius 3 is 2.27 bits per heavy atom. The first-order chi connectivity index (χ1) is 15.1. The Morgan fingerprint density at radius 1 is 1.12 bits per heavy atom. The van der Waals surface area contributed by atoms with Gasteiger partial charge in [0, 0.05) is 12.5 Å². The zero-order valence-electron chi connectivity index (χ0n) is 20.1. The van der Waals surface area contributed by atoms with Crippen molar-refractivity contribution in [1.82, 2.24) is 4.90 Å². The van der Waals surface area contributed by atoms with Gasteiger partial charge in [-0.15, -0.1) is 0 Å². The number of imide groups is 1. The maximum absolute atomic E-state index is 12.4. The predicted molar refractivity (Wildman–Crippen MR) is 123 cm³/mol. The highest BCUT2D eigenvalue weighted by Crippen LogP contribution is 2.40. The van der Waals surface area contributed by atoms with Crippen LogP contribution in [-0.4, -0.2) is 43.6 Å². The Balaban J connectivity index is 2.82. The van der Waals surface area contributed by atoms with Gasteiger partial charge in [-0.3, -0.25) is 4.79 Å². The number of benzene rings is 1. The van der Waals surface area contributed by atoms with Crippen molar-refractivity contribution in [3.8, 4) is 11.5 Å². The van der Waals surface area contributed by atoms with E-state index in [0.29, 0.717) is 28.4 Å². The van der Waals surface area contributed by atoms with Crippen LogP contribution >= 0.6 is 0 Å². The van der Waals surface area contributed by atoms with E-state index in [0.717, 1.165) is 6.08 Å². The summed E-state index contributed by atoms with van der Waals surface area (Å²) >= 11 is 0. The number of halogens is 3. The number of carboxylic acid groups (broad SMARTS) is 1. The molecule has 0 spiro atoms. The molecule has 1 aromatic rings. The minimum atomic E-state index is -4.36. The molecule has 0 saturated heterocycles. The smallest absolute Gasteiger partial charge is 0.414 e. The summed E-state index contributed by atoms with van der Waals surface area (Å²) < 4.78 is 48.0. The van der Waals surface area contributed by atoms with Crippen LogP contribution in [0.1, 0.15) is 52.0 Å². The second kappa shape index (κ2) is 11.6. The number of carbonyl (C=O) groups excluding carboxylic acids is 1. The van der Waals surface area contributed by atoms with Gasteiger partial charge in [0.05, 0.1) is 13.7 Å². The van der Waals surface area contributed by atoms with Crippen molar-refractivity contribution in [2.75, 3.05) is 7.11 Å². The monoisotopic (exact) mass is 489 g/mol. The van der Waals surface area contributed by atoms with Gasteiger partial charge in [-0.1, -0.05) is 32.9 Å². The summed E-state index contributed by atoms with van der Waals surface area (Å²) in [6.07, 6.45) is -3.88. The Labute approximate surface area is 194 Å². The second-order valence-corrected chi connectivity index (χ2v) is 14.0. The van der Waals surface area contributed by atoms with Crippen LogP contribution in [0.3, 0.4) is 0 Å². The van der Waals surface area contributed by atoms with E-state index in [-0.39, 0.29) is 36.9 Å². The Morgan fingerprint density at radius 2 is 1.76 bits per heavy atom. The molecule has 1 aromatic carbocycles. The first-order valence-corrected chi connectivity index (χ1v) is 13.6. The van der Waals surface area contributed by atoms with Gasteiger partial charge in [-0.2, -0.15) is 13.2 Å². The maximum Gasteiger partial charge on any atom is 0.414 e. The zero-order chi connectivity index (χ0) is 25.4. The maximum atomic E-state index is 12.4. The zero-order valence-corrected chi connectivity index (χ0v) is 21.1. The first kappa shape index (κ1) is 28.5. The molecule has 10 heteroatoms. The summed E-state index contributed by atoms with van der Waals surface area (Å²) in [5.41, 5.74) is 0.554. The number of rotatable bonds is 10. The van der Waals surface area contributed by atoms with Crippen molar-refractivity contribution >= 4 is 20.3 Å². The SMILES string of the molecule is COc1cc(CN(C(=O)O)C(=O)CCCCC=CC(F)(F)F)ccc1O[Si](C)(C)C(C)(C)C. The van der Waals surface area contributed by atoms with Crippen LogP contribution < -0.4 is 9.16 Å². The highest BCUT2D eigenvalue weighted by molar-refractivity contribution is 6.74. The third-order valence-corrected chi connectivity index (χ3v) is 9.93. The number of ether oxygens (including phenoxy) is 1. The van der Waals surface area contributed by atoms with Crippen LogP contribution in [0, 0.1) is 0 Å². The lowest BCUT2D eigenvalue weighted by molar-refractivity contribution is -0.129. The summed E-state index contributed by atoms with van der Waals surface area (Å²) in [6.45, 7) is 10.4. The van der Waals surface area contributed by atoms with Gasteiger partial charge in [0.25, 0.3) is 8.32 Å². The highest BCUT2D eigenvalue weighted by atomic mass is 28.4. The van der Waals surface area contributed by atoms with Gasteiger partial charge in [-0.05, 0) is 55.1 Å². The number of hydrogen-bond acceptors (Lipinski definition) is 4. The number of carbonyl (C=O) groups is 2. The fraction of sp³-hybridized carbons (Fsp3) is 0.565. The molecule has 0 fully saturated rings. The molecule has 1 N–H and O–H groups in total. The lowest BCUT2D eigenvalue weighted by atomic mass is 10.1. The molecule has 0 unspecified atom stereocenters. The number of amides is 2. The van der Waals surface area contributed by atoms with Crippen molar-refractivity contribution < 1.29 is 37.0 Å². The predicted octanol–water partition coefficient (Wildman–Crippen LogP) is 6.76. The summed E-state index contributed by atoms with van der Waals surface area (Å²) in [5, 5.41) is 9.46. The van der Waals surface area contributed by atoms with E-state index in [9.17, 15) is 27.9 Å². The number of allylic oxidation sites excluding steroid dienone is 2. The van der Waals surface area contributed by atoms with Gasteiger partial charge in [-0.25, -0.2) is 9.69 Å². The number of hydrogen-bond donors (Lipinski definition) is 1. The summed E-state index contributed by atoms with van der Waals surface area (Å²) in [5.74, 6) is 0.405. The Bertz CT molecular complexity index is 847. The molecule has 1 rings (SSSR count). The van der Waals surface area contributed by atoms with Gasteiger partial charge in [0.2, 0.25) is 5.91 Å². The molecule has 0 aromatic heterocycles. The third kappa shape index (κ3) is 9.49. The van der Waals surface area contributed by atoms with Crippen LogP contribution in [0.25, 0.3) is 0 Å². The van der Waals surface area contributed by atoms with Crippen molar-refractivity contribution in [2.45, 2.75) is 77.3 Å². The van der Waals surface area contributed by atoms with Crippen LogP contribution in [0.4, 0.5) is 18.0 Å². The van der Waals surface area contributed by atoms with Crippen molar-refractivity contribution in [1.29, 1.82) is 0 Å². The van der Waals surface area contributed by atoms with E-state index in [1.165, 1.54) is 7.11 Å². The number of unbranched alkanes of at least 4 members (excludes halogenated alkanes) is 2. The van der Waals surface area contributed by atoms with E-state index in [4.69, 9.17) is 9.16 Å². The molecule has 0 aliphatic heterocycles. The van der Waals surface area contributed by atoms with Crippen LogP contribution in [0.2, 0.25) is 18.1 Å². The van der Waals surface area contributed by atoms with E-state index in [1.807, 2.05) is 0 Å². The van der Waals surface area contributed by atoms with E-state index in [2.05, 4.69) is 33.9 Å². The Kier molecular flexibility index (Phi) is 10.0. The fourth-order valence-electron chi connectivity index (χ4n) is 2.66. The third-order valence-electron chi connectivity index (χ3n) is 5.59. The van der Waals surface area contributed by atoms with Crippen molar-refractivity contribution in [2.24, 2.45) is 0 Å². The minimum Gasteiger partial charge on any atom is -0.541 e. The van der Waals surface area contributed by atoms with Crippen molar-refractivity contribution in [3.05, 3.63) is 35.9 Å². The first-order valence-electron chi connectivity index (χ1n) is 10.7. The van der Waals surface area contributed by atoms with E-state index >= 15 is 0 Å². The lowest BCUT2D eigenvalue weighted by Crippen LogP contribution is -2.43. The summed E-state index contributed by atoms with van der Waals surface area (Å²) in [7, 11) is -0.629. The molecule has 0 heterocycles. The molecule has 6 nitrogen and oxygen atoms in total. The molecular formula is C23H34F3NO5Si. The van der Waals surface area contributed by atoms with Gasteiger partial charge < -0.3 is 14.3 Å². The van der Waals surface area contributed by atoms with Gasteiger partial charge >= 0.3 is 12.3 Å². The van der Waals surface area contributed by atoms with Crippen LogP contribution in [-0.2, 0) is 11.3 Å². The molecule has 186 valence electrons. The molecule has 0 radical (unpaired) electrons. The quantitative estimate of drug-likeness (QED) is 0.223. The second-order valence-electron chi connectivity index (χ2n) is 9.30. The van der Waals surface area contributed by atoms with Gasteiger partial charge in [0.15, 0.2) is 5.75 Å². The minimum absolute atomic E-state index is 0.0221. The largest absolute Gasteiger partial charge is 0.541 e. The van der Waals surface area contributed by atoms with Crippen LogP contribution in [0.15, 0.2) is 30.4 Å². The van der Waals surface area contributed by atoms with Crippen LogP contribution in [0.5, 0.6) is 11.5 Å². The molecule has 0 bridgehead atoms. The Hall–Kier alpha value is -2.49. The lowest BCUT2D eigenvalue weighted by Gasteiger charge is -2.36. The molecule has 0 atom stereocenters. The number of methoxy groups -OCH3 is 1.